The number of carboxylic acid groups (broad SMARTS) is 1. The molecule has 4 heteroatoms. The summed E-state index contributed by atoms with van der Waals surface area (Å²) in [6.07, 6.45) is 0. The van der Waals surface area contributed by atoms with Gasteiger partial charge in [0.1, 0.15) is 5.75 Å². The molecule has 0 aromatic heterocycles. The molecule has 90 valence electrons. The molecule has 0 aliphatic carbocycles. The number of halogens is 1. The summed E-state index contributed by atoms with van der Waals surface area (Å²) >= 11 is 5.93. The van der Waals surface area contributed by atoms with E-state index in [1.807, 2.05) is 13.8 Å². The Morgan fingerprint density at radius 3 is 2.25 bits per heavy atom. The molecule has 1 rings (SSSR count). The van der Waals surface area contributed by atoms with Crippen molar-refractivity contribution in [1.82, 2.24) is 0 Å². The van der Waals surface area contributed by atoms with E-state index in [0.717, 1.165) is 0 Å². The molecule has 16 heavy (non-hydrogen) atoms. The van der Waals surface area contributed by atoms with E-state index in [-0.39, 0.29) is 5.56 Å². The first kappa shape index (κ1) is 14.8. The summed E-state index contributed by atoms with van der Waals surface area (Å²) < 4.78 is 5.02. The third kappa shape index (κ3) is 2.89. The smallest absolute Gasteiger partial charge is 0.336 e. The van der Waals surface area contributed by atoms with Crippen molar-refractivity contribution in [2.45, 2.75) is 27.7 Å². The van der Waals surface area contributed by atoms with E-state index >= 15 is 0 Å². The van der Waals surface area contributed by atoms with Crippen LogP contribution in [-0.4, -0.2) is 18.2 Å². The first-order valence-electron chi connectivity index (χ1n) is 5.06. The standard InChI is InChI=1S/C10H11ClO3.C2H6/c1-5-4-7(14-3)9(11)6(2)8(5)10(12)13;1-2/h4H,1-3H3,(H,12,13);1-2H3. The zero-order valence-electron chi connectivity index (χ0n) is 10.2. The quantitative estimate of drug-likeness (QED) is 0.863. The predicted octanol–water partition coefficient (Wildman–Crippen LogP) is 3.69. The maximum absolute atomic E-state index is 10.9. The van der Waals surface area contributed by atoms with E-state index in [4.69, 9.17) is 21.4 Å². The maximum atomic E-state index is 10.9. The second-order valence-electron chi connectivity index (χ2n) is 3.01. The molecule has 0 spiro atoms. The molecule has 0 bridgehead atoms. The lowest BCUT2D eigenvalue weighted by Crippen LogP contribution is -2.04. The number of carboxylic acids is 1. The Hall–Kier alpha value is -1.22. The highest BCUT2D eigenvalue weighted by Gasteiger charge is 2.16. The topological polar surface area (TPSA) is 46.5 Å². The van der Waals surface area contributed by atoms with Gasteiger partial charge in [-0.1, -0.05) is 25.4 Å². The third-order valence-corrected chi connectivity index (χ3v) is 2.57. The van der Waals surface area contributed by atoms with Gasteiger partial charge in [-0.15, -0.1) is 0 Å². The average molecular weight is 245 g/mol. The molecule has 0 unspecified atom stereocenters. The average Bonchev–Trinajstić information content (AvgIpc) is 2.26. The molecule has 1 aromatic carbocycles. The Balaban J connectivity index is 0.00000106. The first-order chi connectivity index (χ1) is 7.49. The van der Waals surface area contributed by atoms with Crippen LogP contribution in [0.1, 0.15) is 35.3 Å². The SMILES string of the molecule is CC.COc1cc(C)c(C(=O)O)c(C)c1Cl. The molecular formula is C12H17ClO3. The van der Waals surface area contributed by atoms with Gasteiger partial charge < -0.3 is 9.84 Å². The molecule has 1 N–H and O–H groups in total. The van der Waals surface area contributed by atoms with Crippen LogP contribution in [0, 0.1) is 13.8 Å². The zero-order valence-corrected chi connectivity index (χ0v) is 11.0. The molecule has 0 radical (unpaired) electrons. The van der Waals surface area contributed by atoms with Crippen molar-refractivity contribution in [3.8, 4) is 5.75 Å². The highest BCUT2D eigenvalue weighted by atomic mass is 35.5. The molecule has 3 nitrogen and oxygen atoms in total. The number of rotatable bonds is 2. The molecule has 0 atom stereocenters. The Morgan fingerprint density at radius 2 is 1.88 bits per heavy atom. The van der Waals surface area contributed by atoms with Crippen LogP contribution in [0.25, 0.3) is 0 Å². The van der Waals surface area contributed by atoms with Crippen molar-refractivity contribution in [3.05, 3.63) is 27.8 Å². The number of ether oxygens (including phenoxy) is 1. The summed E-state index contributed by atoms with van der Waals surface area (Å²) in [6.45, 7) is 7.39. The number of hydrogen-bond acceptors (Lipinski definition) is 2. The number of benzene rings is 1. The summed E-state index contributed by atoms with van der Waals surface area (Å²) in [6, 6.07) is 1.62. The lowest BCUT2D eigenvalue weighted by atomic mass is 10.0. The summed E-state index contributed by atoms with van der Waals surface area (Å²) in [5.41, 5.74) is 1.43. The van der Waals surface area contributed by atoms with Crippen LogP contribution < -0.4 is 4.74 Å². The van der Waals surface area contributed by atoms with E-state index in [0.29, 0.717) is 21.9 Å². The second-order valence-corrected chi connectivity index (χ2v) is 3.39. The molecule has 0 amide bonds. The van der Waals surface area contributed by atoms with Crippen LogP contribution >= 0.6 is 11.6 Å². The molecular weight excluding hydrogens is 228 g/mol. The molecule has 1 aromatic rings. The van der Waals surface area contributed by atoms with Gasteiger partial charge in [0.05, 0.1) is 17.7 Å². The molecule has 0 saturated carbocycles. The highest BCUT2D eigenvalue weighted by Crippen LogP contribution is 2.32. The molecule has 0 fully saturated rings. The van der Waals surface area contributed by atoms with Gasteiger partial charge in [0.15, 0.2) is 0 Å². The first-order valence-corrected chi connectivity index (χ1v) is 5.43. The van der Waals surface area contributed by atoms with Crippen LogP contribution in [0.2, 0.25) is 5.02 Å². The lowest BCUT2D eigenvalue weighted by molar-refractivity contribution is 0.0695. The minimum atomic E-state index is -0.968. The summed E-state index contributed by atoms with van der Waals surface area (Å²) in [5, 5.41) is 9.29. The van der Waals surface area contributed by atoms with Crippen LogP contribution in [0.4, 0.5) is 0 Å². The maximum Gasteiger partial charge on any atom is 0.336 e. The zero-order chi connectivity index (χ0) is 12.9. The van der Waals surface area contributed by atoms with Crippen molar-refractivity contribution in [2.24, 2.45) is 0 Å². The van der Waals surface area contributed by atoms with E-state index in [2.05, 4.69) is 0 Å². The van der Waals surface area contributed by atoms with E-state index < -0.39 is 5.97 Å². The monoisotopic (exact) mass is 244 g/mol. The fourth-order valence-electron chi connectivity index (χ4n) is 1.40. The number of aryl methyl sites for hydroxylation is 1. The van der Waals surface area contributed by atoms with Gasteiger partial charge in [-0.3, -0.25) is 0 Å². The van der Waals surface area contributed by atoms with Crippen molar-refractivity contribution in [3.63, 3.8) is 0 Å². The largest absolute Gasteiger partial charge is 0.495 e. The van der Waals surface area contributed by atoms with Crippen molar-refractivity contribution >= 4 is 17.6 Å². The summed E-state index contributed by atoms with van der Waals surface area (Å²) in [5.74, 6) is -0.462. The van der Waals surface area contributed by atoms with Gasteiger partial charge >= 0.3 is 5.97 Å². The van der Waals surface area contributed by atoms with Crippen molar-refractivity contribution in [2.75, 3.05) is 7.11 Å². The van der Waals surface area contributed by atoms with E-state index in [9.17, 15) is 4.79 Å². The predicted molar refractivity (Wildman–Crippen MR) is 65.8 cm³/mol. The number of aromatic carboxylic acids is 1. The number of carbonyl (C=O) groups is 1. The van der Waals surface area contributed by atoms with E-state index in [1.165, 1.54) is 7.11 Å². The van der Waals surface area contributed by atoms with E-state index in [1.54, 1.807) is 19.9 Å². The number of methoxy groups -OCH3 is 1. The normalized spacial score (nSPS) is 9.12. The third-order valence-electron chi connectivity index (χ3n) is 2.10. The Bertz CT molecular complexity index is 386. The second kappa shape index (κ2) is 6.38. The van der Waals surface area contributed by atoms with Crippen molar-refractivity contribution in [1.29, 1.82) is 0 Å². The molecule has 0 aliphatic rings. The van der Waals surface area contributed by atoms with Gasteiger partial charge in [-0.2, -0.15) is 0 Å². The fraction of sp³-hybridized carbons (Fsp3) is 0.417. The number of hydrogen-bond donors (Lipinski definition) is 1. The molecule has 0 heterocycles. The van der Waals surface area contributed by atoms with Crippen LogP contribution in [0.3, 0.4) is 0 Å². The molecule has 0 aliphatic heterocycles. The van der Waals surface area contributed by atoms with Crippen LogP contribution in [0.15, 0.2) is 6.07 Å². The lowest BCUT2D eigenvalue weighted by Gasteiger charge is -2.11. The Morgan fingerprint density at radius 1 is 1.38 bits per heavy atom. The molecule has 0 saturated heterocycles. The van der Waals surface area contributed by atoms with Gasteiger partial charge in [0.25, 0.3) is 0 Å². The van der Waals surface area contributed by atoms with Gasteiger partial charge in [0.2, 0.25) is 0 Å². The Kier molecular flexibility index (Phi) is 5.89. The Labute approximate surface area is 101 Å². The summed E-state index contributed by atoms with van der Waals surface area (Å²) in [7, 11) is 1.50. The van der Waals surface area contributed by atoms with Crippen LogP contribution in [0.5, 0.6) is 5.75 Å². The minimum Gasteiger partial charge on any atom is -0.495 e. The van der Waals surface area contributed by atoms with Gasteiger partial charge in [-0.05, 0) is 31.0 Å². The van der Waals surface area contributed by atoms with Crippen molar-refractivity contribution < 1.29 is 14.6 Å². The van der Waals surface area contributed by atoms with Crippen LogP contribution in [-0.2, 0) is 0 Å². The minimum absolute atomic E-state index is 0.246. The fourth-order valence-corrected chi connectivity index (χ4v) is 1.63. The van der Waals surface area contributed by atoms with Gasteiger partial charge in [0, 0.05) is 0 Å². The highest BCUT2D eigenvalue weighted by molar-refractivity contribution is 6.33. The van der Waals surface area contributed by atoms with Gasteiger partial charge in [-0.25, -0.2) is 4.79 Å². The summed E-state index contributed by atoms with van der Waals surface area (Å²) in [4.78, 5) is 10.9.